The van der Waals surface area contributed by atoms with Crippen LogP contribution in [0.25, 0.3) is 0 Å². The number of carbonyl (C=O) groups excluding carboxylic acids is 8. The number of benzene rings is 1. The zero-order valence-electron chi connectivity index (χ0n) is 35.5. The summed E-state index contributed by atoms with van der Waals surface area (Å²) in [6.45, 7) is 15.2. The molecule has 3 aliphatic rings. The van der Waals surface area contributed by atoms with Gasteiger partial charge in [-0.3, -0.25) is 33.6 Å². The van der Waals surface area contributed by atoms with Gasteiger partial charge in [0.1, 0.15) is 12.2 Å². The molecule has 1 aromatic rings. The summed E-state index contributed by atoms with van der Waals surface area (Å²) < 4.78 is 49.6. The lowest BCUT2D eigenvalue weighted by Crippen LogP contribution is -2.72. The maximum atomic E-state index is 15.3. The Bertz CT molecular complexity index is 1830. The molecule has 0 bridgehead atoms. The molecule has 59 heavy (non-hydrogen) atoms. The molecule has 0 spiro atoms. The molecule has 1 saturated carbocycles. The van der Waals surface area contributed by atoms with Gasteiger partial charge in [0, 0.05) is 71.8 Å². The second-order valence-electron chi connectivity index (χ2n) is 16.8. The van der Waals surface area contributed by atoms with Crippen LogP contribution in [0.2, 0.25) is 0 Å². The number of hydrogen-bond acceptors (Lipinski definition) is 16. The molecule has 324 valence electrons. The van der Waals surface area contributed by atoms with Crippen LogP contribution in [0.5, 0.6) is 0 Å². The summed E-state index contributed by atoms with van der Waals surface area (Å²) >= 11 is 0. The number of ether oxygens (including phenoxy) is 8. The predicted molar refractivity (Wildman–Crippen MR) is 205 cm³/mol. The van der Waals surface area contributed by atoms with Crippen LogP contribution >= 0.6 is 0 Å². The summed E-state index contributed by atoms with van der Waals surface area (Å²) in [4.78, 5) is 109. The molecule has 2 fully saturated rings. The summed E-state index contributed by atoms with van der Waals surface area (Å²) in [6.07, 6.45) is -6.93. The molecule has 1 aliphatic heterocycles. The molecule has 0 N–H and O–H groups in total. The van der Waals surface area contributed by atoms with Gasteiger partial charge in [-0.15, -0.1) is 0 Å². The highest BCUT2D eigenvalue weighted by Crippen LogP contribution is 2.57. The average Bonchev–Trinajstić information content (AvgIpc) is 3.34. The average molecular weight is 829 g/mol. The van der Waals surface area contributed by atoms with Crippen LogP contribution < -0.4 is 0 Å². The molecule has 2 aliphatic carbocycles. The van der Waals surface area contributed by atoms with Crippen molar-refractivity contribution in [3.63, 3.8) is 0 Å². The molecule has 16 nitrogen and oxygen atoms in total. The minimum atomic E-state index is -2.44. The van der Waals surface area contributed by atoms with Gasteiger partial charge in [0.15, 0.2) is 40.9 Å². The van der Waals surface area contributed by atoms with E-state index in [-0.39, 0.29) is 18.1 Å². The molecule has 1 heterocycles. The summed E-state index contributed by atoms with van der Waals surface area (Å²) in [7, 11) is 0. The van der Waals surface area contributed by atoms with Crippen molar-refractivity contribution in [2.45, 2.75) is 143 Å². The summed E-state index contributed by atoms with van der Waals surface area (Å²) in [5.74, 6) is -10.2. The fraction of sp³-hybridized carbons (Fsp3) is 0.628. The number of esters is 7. The topological polar surface area (TPSA) is 210 Å². The molecule has 16 heteroatoms. The first-order valence-corrected chi connectivity index (χ1v) is 19.6. The molecule has 0 amide bonds. The van der Waals surface area contributed by atoms with Gasteiger partial charge >= 0.3 is 41.8 Å². The van der Waals surface area contributed by atoms with Gasteiger partial charge in [-0.1, -0.05) is 65.0 Å². The van der Waals surface area contributed by atoms with E-state index in [0.717, 1.165) is 34.6 Å². The van der Waals surface area contributed by atoms with Gasteiger partial charge in [-0.25, -0.2) is 4.79 Å². The third kappa shape index (κ3) is 10.0. The fourth-order valence-electron chi connectivity index (χ4n) is 8.69. The standard InChI is InChI=1S/C43H56O16/c1-23(2)21-52-38-33(53-25(4)44)37(55-27(6)46)40(9,10)19-17-24(3)34(50)43(58-29(8)48)22-41(11,57-28(7)47)35(54-26(5)45)32(43)36-42(38,20-18-31(49)56-36)59-39(51)30-15-13-12-14-16-30/h12-17,19,23-24,32-33,35-38H,18,20-22H2,1-11H3/t24-,32+,33-,35+,36+,37+,38+,41+,42-,43+/m0/s1. The normalized spacial score (nSPS) is 32.8. The van der Waals surface area contributed by atoms with Gasteiger partial charge in [0.2, 0.25) is 0 Å². The highest BCUT2D eigenvalue weighted by atomic mass is 16.7. The Hall–Kier alpha value is -5.12. The molecule has 0 unspecified atom stereocenters. The van der Waals surface area contributed by atoms with Crippen LogP contribution in [0.15, 0.2) is 42.5 Å². The zero-order valence-corrected chi connectivity index (χ0v) is 35.5. The van der Waals surface area contributed by atoms with Crippen molar-refractivity contribution in [2.75, 3.05) is 6.61 Å². The molecule has 1 saturated heterocycles. The number of fused-ring (bicyclic) bond motifs is 3. The van der Waals surface area contributed by atoms with Crippen molar-refractivity contribution in [1.82, 2.24) is 0 Å². The van der Waals surface area contributed by atoms with E-state index >= 15 is 4.79 Å². The number of ketones is 1. The van der Waals surface area contributed by atoms with E-state index in [9.17, 15) is 33.6 Å². The van der Waals surface area contributed by atoms with Gasteiger partial charge in [0.05, 0.1) is 11.5 Å². The highest BCUT2D eigenvalue weighted by molar-refractivity contribution is 5.94. The van der Waals surface area contributed by atoms with Crippen LogP contribution in [0.3, 0.4) is 0 Å². The maximum absolute atomic E-state index is 15.3. The zero-order chi connectivity index (χ0) is 44.2. The number of allylic oxidation sites excluding steroid dienone is 1. The third-order valence-electron chi connectivity index (χ3n) is 10.8. The van der Waals surface area contributed by atoms with Crippen LogP contribution in [-0.4, -0.2) is 101 Å². The summed E-state index contributed by atoms with van der Waals surface area (Å²) in [6, 6.07) is 7.75. The fourth-order valence-corrected chi connectivity index (χ4v) is 8.69. The smallest absolute Gasteiger partial charge is 0.338 e. The number of carbonyl (C=O) groups is 8. The Kier molecular flexibility index (Phi) is 14.2. The van der Waals surface area contributed by atoms with E-state index in [0.29, 0.717) is 0 Å². The first kappa shape index (κ1) is 46.6. The Balaban J connectivity index is 2.31. The van der Waals surface area contributed by atoms with E-state index in [1.54, 1.807) is 38.1 Å². The number of rotatable bonds is 10. The lowest BCUT2D eigenvalue weighted by molar-refractivity contribution is -0.269. The Morgan fingerprint density at radius 2 is 1.34 bits per heavy atom. The van der Waals surface area contributed by atoms with Gasteiger partial charge in [0.25, 0.3) is 0 Å². The van der Waals surface area contributed by atoms with Crippen molar-refractivity contribution in [1.29, 1.82) is 0 Å². The maximum Gasteiger partial charge on any atom is 0.338 e. The van der Waals surface area contributed by atoms with Gasteiger partial charge in [-0.2, -0.15) is 0 Å². The largest absolute Gasteiger partial charge is 0.458 e. The van der Waals surface area contributed by atoms with E-state index in [1.165, 1.54) is 32.1 Å². The van der Waals surface area contributed by atoms with Gasteiger partial charge in [-0.05, 0) is 25.0 Å². The van der Waals surface area contributed by atoms with Gasteiger partial charge < -0.3 is 37.9 Å². The molecule has 1 aromatic carbocycles. The van der Waals surface area contributed by atoms with Crippen molar-refractivity contribution < 1.29 is 76.3 Å². The van der Waals surface area contributed by atoms with Crippen molar-refractivity contribution in [2.24, 2.45) is 23.2 Å². The lowest BCUT2D eigenvalue weighted by atomic mass is 9.66. The Morgan fingerprint density at radius 1 is 0.763 bits per heavy atom. The quantitative estimate of drug-likeness (QED) is 0.180. The second kappa shape index (κ2) is 18.0. The van der Waals surface area contributed by atoms with E-state index in [2.05, 4.69) is 0 Å². The third-order valence-corrected chi connectivity index (χ3v) is 10.8. The molecule has 10 atom stereocenters. The Labute approximate surface area is 343 Å². The van der Waals surface area contributed by atoms with Crippen LogP contribution in [0.4, 0.5) is 0 Å². The van der Waals surface area contributed by atoms with E-state index in [4.69, 9.17) is 37.9 Å². The summed E-state index contributed by atoms with van der Waals surface area (Å²) in [5.41, 5.74) is -8.03. The minimum absolute atomic E-state index is 0.0266. The Morgan fingerprint density at radius 3 is 1.88 bits per heavy atom. The molecular weight excluding hydrogens is 772 g/mol. The SMILES string of the molecule is CC(=O)O[C@H]1[C@@H](OC(C)=O)C(C)(C)C=C[C@H](C)C(=O)[C@@]2(OC(C)=O)C[C@@](C)(OC(C)=O)[C@H](OC(C)=O)[C@@H]2[C@H]2OC(=O)CC[C@@]2(OC(=O)c2ccccc2)[C@@H]1OCC(C)C. The minimum Gasteiger partial charge on any atom is -0.458 e. The predicted octanol–water partition coefficient (Wildman–Crippen LogP) is 4.57. The lowest BCUT2D eigenvalue weighted by Gasteiger charge is -2.54. The number of hydrogen-bond donors (Lipinski definition) is 0. The summed E-state index contributed by atoms with van der Waals surface area (Å²) in [5, 5.41) is 0. The number of Topliss-reactive ketones (excluding diaryl/α,β-unsaturated/α-hetero) is 1. The van der Waals surface area contributed by atoms with E-state index < -0.39 is 131 Å². The van der Waals surface area contributed by atoms with Crippen molar-refractivity contribution in [3.05, 3.63) is 48.0 Å². The van der Waals surface area contributed by atoms with Crippen LogP contribution in [0, 0.1) is 23.2 Å². The van der Waals surface area contributed by atoms with Crippen molar-refractivity contribution in [3.8, 4) is 0 Å². The highest BCUT2D eigenvalue weighted by Gasteiger charge is 2.76. The molecular formula is C43H56O16. The van der Waals surface area contributed by atoms with Crippen molar-refractivity contribution >= 4 is 47.6 Å². The van der Waals surface area contributed by atoms with Crippen LogP contribution in [0.1, 0.15) is 106 Å². The second-order valence-corrected chi connectivity index (χ2v) is 16.8. The molecule has 0 radical (unpaired) electrons. The first-order chi connectivity index (χ1) is 27.4. The molecule has 4 rings (SSSR count). The monoisotopic (exact) mass is 828 g/mol. The molecule has 0 aromatic heterocycles. The van der Waals surface area contributed by atoms with Crippen LogP contribution in [-0.2, 0) is 71.5 Å². The van der Waals surface area contributed by atoms with E-state index in [1.807, 2.05) is 13.8 Å². The first-order valence-electron chi connectivity index (χ1n) is 19.6.